The average molecular weight is 304 g/mol. The van der Waals surface area contributed by atoms with E-state index in [0.29, 0.717) is 23.3 Å². The van der Waals surface area contributed by atoms with Gasteiger partial charge in [0.1, 0.15) is 5.82 Å². The van der Waals surface area contributed by atoms with Crippen molar-refractivity contribution in [1.29, 1.82) is 0 Å². The molecule has 0 fully saturated rings. The van der Waals surface area contributed by atoms with Crippen LogP contribution < -0.4 is 5.32 Å². The second-order valence-electron chi connectivity index (χ2n) is 3.56. The van der Waals surface area contributed by atoms with Crippen molar-refractivity contribution in [3.63, 3.8) is 0 Å². The first-order valence-corrected chi connectivity index (χ1v) is 6.19. The Bertz CT molecular complexity index is 410. The minimum absolute atomic E-state index is 0.254. The van der Waals surface area contributed by atoms with Gasteiger partial charge in [0, 0.05) is 12.2 Å². The Morgan fingerprint density at radius 3 is 2.88 bits per heavy atom. The molecule has 1 rings (SSSR count). The third kappa shape index (κ3) is 4.34. The molecule has 0 radical (unpaired) electrons. The van der Waals surface area contributed by atoms with Crippen LogP contribution in [0.25, 0.3) is 0 Å². The Morgan fingerprint density at radius 2 is 2.24 bits per heavy atom. The van der Waals surface area contributed by atoms with Crippen molar-refractivity contribution >= 4 is 27.6 Å². The zero-order valence-corrected chi connectivity index (χ0v) is 11.4. The van der Waals surface area contributed by atoms with Crippen molar-refractivity contribution in [2.24, 2.45) is 0 Å². The number of hydrogen-bond donors (Lipinski definition) is 1. The van der Waals surface area contributed by atoms with Crippen LogP contribution in [0.15, 0.2) is 16.6 Å². The summed E-state index contributed by atoms with van der Waals surface area (Å²) in [6.07, 6.45) is 0.269. The van der Waals surface area contributed by atoms with Gasteiger partial charge in [-0.15, -0.1) is 0 Å². The first-order valence-electron chi connectivity index (χ1n) is 5.39. The van der Waals surface area contributed by atoms with Crippen molar-refractivity contribution in [2.75, 3.05) is 18.5 Å². The van der Waals surface area contributed by atoms with Gasteiger partial charge in [-0.25, -0.2) is 4.39 Å². The second-order valence-corrected chi connectivity index (χ2v) is 4.42. The summed E-state index contributed by atoms with van der Waals surface area (Å²) in [5, 5.41) is 3.01. The third-order valence-electron chi connectivity index (χ3n) is 2.22. The predicted molar refractivity (Wildman–Crippen MR) is 68.6 cm³/mol. The number of carbonyl (C=O) groups excluding carboxylic acids is 1. The number of nitrogens with one attached hydrogen (secondary N) is 1. The monoisotopic (exact) mass is 303 g/mol. The molecule has 0 saturated carbocycles. The van der Waals surface area contributed by atoms with Gasteiger partial charge in [0.25, 0.3) is 0 Å². The Labute approximate surface area is 108 Å². The summed E-state index contributed by atoms with van der Waals surface area (Å²) in [6, 6.07) is 3.10. The summed E-state index contributed by atoms with van der Waals surface area (Å²) in [4.78, 5) is 11.1. The first kappa shape index (κ1) is 14.0. The fraction of sp³-hybridized carbons (Fsp3) is 0.417. The summed E-state index contributed by atoms with van der Waals surface area (Å²) in [6.45, 7) is 4.45. The summed E-state index contributed by atoms with van der Waals surface area (Å²) < 4.78 is 18.5. The van der Waals surface area contributed by atoms with Gasteiger partial charge in [0.15, 0.2) is 0 Å². The molecule has 0 aromatic heterocycles. The van der Waals surface area contributed by atoms with Gasteiger partial charge in [0.05, 0.1) is 17.5 Å². The van der Waals surface area contributed by atoms with Crippen LogP contribution in [-0.4, -0.2) is 19.1 Å². The van der Waals surface area contributed by atoms with Gasteiger partial charge in [-0.1, -0.05) is 0 Å². The van der Waals surface area contributed by atoms with E-state index in [1.54, 1.807) is 13.0 Å². The molecule has 0 amide bonds. The van der Waals surface area contributed by atoms with E-state index in [-0.39, 0.29) is 18.2 Å². The van der Waals surface area contributed by atoms with E-state index in [0.717, 1.165) is 5.56 Å². The molecule has 3 nitrogen and oxygen atoms in total. The fourth-order valence-corrected chi connectivity index (χ4v) is 1.83. The van der Waals surface area contributed by atoms with Crippen LogP contribution in [0.4, 0.5) is 10.1 Å². The summed E-state index contributed by atoms with van der Waals surface area (Å²) in [7, 11) is 0. The van der Waals surface area contributed by atoms with Gasteiger partial charge >= 0.3 is 5.97 Å². The highest BCUT2D eigenvalue weighted by Gasteiger charge is 2.06. The number of aryl methyl sites for hydroxylation is 1. The highest BCUT2D eigenvalue weighted by Crippen LogP contribution is 2.23. The SMILES string of the molecule is CCOC(=O)CCNc1cc(F)c(Br)cc1C. The quantitative estimate of drug-likeness (QED) is 0.849. The van der Waals surface area contributed by atoms with Crippen LogP contribution in [0.3, 0.4) is 0 Å². The number of rotatable bonds is 5. The van der Waals surface area contributed by atoms with E-state index < -0.39 is 0 Å². The van der Waals surface area contributed by atoms with Crippen molar-refractivity contribution in [2.45, 2.75) is 20.3 Å². The van der Waals surface area contributed by atoms with Crippen LogP contribution in [0, 0.1) is 12.7 Å². The smallest absolute Gasteiger partial charge is 0.307 e. The molecule has 94 valence electrons. The van der Waals surface area contributed by atoms with Gasteiger partial charge in [-0.3, -0.25) is 4.79 Å². The minimum Gasteiger partial charge on any atom is -0.466 e. The van der Waals surface area contributed by atoms with Crippen molar-refractivity contribution in [3.05, 3.63) is 28.0 Å². The molecule has 0 heterocycles. The van der Waals surface area contributed by atoms with E-state index in [1.165, 1.54) is 6.07 Å². The Hall–Kier alpha value is -1.10. The van der Waals surface area contributed by atoms with Gasteiger partial charge in [0.2, 0.25) is 0 Å². The maximum absolute atomic E-state index is 13.3. The number of hydrogen-bond acceptors (Lipinski definition) is 3. The van der Waals surface area contributed by atoms with E-state index in [1.807, 2.05) is 6.92 Å². The van der Waals surface area contributed by atoms with E-state index >= 15 is 0 Å². The lowest BCUT2D eigenvalue weighted by Crippen LogP contribution is -2.12. The number of carbonyl (C=O) groups is 1. The standard InChI is InChI=1S/C12H15BrFNO2/c1-3-17-12(16)4-5-15-11-7-10(14)9(13)6-8(11)2/h6-7,15H,3-5H2,1-2H3. The Kier molecular flexibility index (Phi) is 5.41. The molecule has 0 unspecified atom stereocenters. The summed E-state index contributed by atoms with van der Waals surface area (Å²) in [5.74, 6) is -0.579. The van der Waals surface area contributed by atoms with Crippen molar-refractivity contribution in [3.8, 4) is 0 Å². The van der Waals surface area contributed by atoms with Crippen LogP contribution in [0.1, 0.15) is 18.9 Å². The Morgan fingerprint density at radius 1 is 1.53 bits per heavy atom. The lowest BCUT2D eigenvalue weighted by atomic mass is 10.2. The molecule has 0 aliphatic rings. The highest BCUT2D eigenvalue weighted by atomic mass is 79.9. The fourth-order valence-electron chi connectivity index (χ4n) is 1.37. The molecule has 0 saturated heterocycles. The zero-order chi connectivity index (χ0) is 12.8. The largest absolute Gasteiger partial charge is 0.466 e. The third-order valence-corrected chi connectivity index (χ3v) is 2.82. The number of anilines is 1. The highest BCUT2D eigenvalue weighted by molar-refractivity contribution is 9.10. The molecule has 0 atom stereocenters. The van der Waals surface area contributed by atoms with Crippen molar-refractivity contribution in [1.82, 2.24) is 0 Å². The number of esters is 1. The summed E-state index contributed by atoms with van der Waals surface area (Å²) in [5.41, 5.74) is 1.61. The van der Waals surface area contributed by atoms with Crippen molar-refractivity contribution < 1.29 is 13.9 Å². The van der Waals surface area contributed by atoms with Crippen LogP contribution in [0.2, 0.25) is 0 Å². The number of halogens is 2. The molecule has 0 spiro atoms. The molecular weight excluding hydrogens is 289 g/mol. The molecule has 5 heteroatoms. The van der Waals surface area contributed by atoms with E-state index in [2.05, 4.69) is 21.2 Å². The second kappa shape index (κ2) is 6.59. The average Bonchev–Trinajstić information content (AvgIpc) is 2.26. The molecule has 0 aliphatic carbocycles. The van der Waals surface area contributed by atoms with Gasteiger partial charge in [-0.2, -0.15) is 0 Å². The van der Waals surface area contributed by atoms with Gasteiger partial charge < -0.3 is 10.1 Å². The number of benzene rings is 1. The van der Waals surface area contributed by atoms with Crippen LogP contribution in [-0.2, 0) is 9.53 Å². The van der Waals surface area contributed by atoms with E-state index in [4.69, 9.17) is 4.74 Å². The molecule has 0 bridgehead atoms. The minimum atomic E-state index is -0.325. The normalized spacial score (nSPS) is 10.1. The maximum Gasteiger partial charge on any atom is 0.307 e. The van der Waals surface area contributed by atoms with Gasteiger partial charge in [-0.05, 0) is 47.5 Å². The molecule has 17 heavy (non-hydrogen) atoms. The van der Waals surface area contributed by atoms with Crippen LogP contribution in [0.5, 0.6) is 0 Å². The molecule has 1 N–H and O–H groups in total. The Balaban J connectivity index is 2.52. The van der Waals surface area contributed by atoms with Crippen LogP contribution >= 0.6 is 15.9 Å². The number of ether oxygens (including phenoxy) is 1. The molecule has 1 aromatic carbocycles. The van der Waals surface area contributed by atoms with E-state index in [9.17, 15) is 9.18 Å². The topological polar surface area (TPSA) is 38.3 Å². The lowest BCUT2D eigenvalue weighted by Gasteiger charge is -2.10. The zero-order valence-electron chi connectivity index (χ0n) is 9.85. The first-order chi connectivity index (χ1) is 8.04. The maximum atomic E-state index is 13.3. The molecule has 1 aromatic rings. The lowest BCUT2D eigenvalue weighted by molar-refractivity contribution is -0.142. The predicted octanol–water partition coefficient (Wildman–Crippen LogP) is 3.26. The summed E-state index contributed by atoms with van der Waals surface area (Å²) >= 11 is 3.12. The molecule has 0 aliphatic heterocycles. The molecular formula is C12H15BrFNO2.